The third-order valence-corrected chi connectivity index (χ3v) is 6.17. The lowest BCUT2D eigenvalue weighted by molar-refractivity contribution is -0.145. The highest BCUT2D eigenvalue weighted by Crippen LogP contribution is 2.34. The molecule has 0 bridgehead atoms. The monoisotopic (exact) mass is 740 g/mol. The molecule has 1 N–H and O–H groups in total. The summed E-state index contributed by atoms with van der Waals surface area (Å²) in [4.78, 5) is 24.1. The van der Waals surface area contributed by atoms with E-state index in [2.05, 4.69) is 71.6 Å². The van der Waals surface area contributed by atoms with Crippen molar-refractivity contribution in [3.05, 3.63) is 53.3 Å². The van der Waals surface area contributed by atoms with Crippen LogP contribution >= 0.6 is 61.1 Å². The largest absolute Gasteiger partial charge is 0.490 e. The second kappa shape index (κ2) is 12.0. The summed E-state index contributed by atoms with van der Waals surface area (Å²) < 4.78 is 24.3. The Hall–Kier alpha value is -1.87. The summed E-state index contributed by atoms with van der Waals surface area (Å²) >= 11 is 7.67. The molecule has 0 saturated carbocycles. The summed E-state index contributed by atoms with van der Waals surface area (Å²) in [6.45, 7) is 4.04. The van der Waals surface area contributed by atoms with Gasteiger partial charge in [0.25, 0.3) is 0 Å². The fourth-order valence-electron chi connectivity index (χ4n) is 2.81. The molecule has 0 spiro atoms. The molecule has 3 aromatic rings. The van der Waals surface area contributed by atoms with Gasteiger partial charge in [-0.1, -0.05) is 15.9 Å². The highest BCUT2D eigenvalue weighted by atomic mass is 127. The van der Waals surface area contributed by atoms with Gasteiger partial charge in [-0.25, -0.2) is 10.2 Å². The number of esters is 1. The van der Waals surface area contributed by atoms with Crippen LogP contribution in [0.2, 0.25) is 0 Å². The van der Waals surface area contributed by atoms with Gasteiger partial charge in [0.1, 0.15) is 5.58 Å². The van der Waals surface area contributed by atoms with E-state index in [0.29, 0.717) is 32.8 Å². The number of nitrogens with zero attached hydrogens (tertiary/aromatic N) is 1. The van der Waals surface area contributed by atoms with Crippen LogP contribution in [0.3, 0.4) is 0 Å². The zero-order valence-corrected chi connectivity index (χ0v) is 23.5. The first-order valence-corrected chi connectivity index (χ1v) is 12.7. The van der Waals surface area contributed by atoms with Crippen LogP contribution < -0.4 is 14.9 Å². The first-order chi connectivity index (χ1) is 15.8. The molecule has 1 heterocycles. The van der Waals surface area contributed by atoms with Gasteiger partial charge in [0.05, 0.1) is 26.6 Å². The van der Waals surface area contributed by atoms with Gasteiger partial charge in [0.15, 0.2) is 23.9 Å². The molecule has 0 saturated heterocycles. The number of hydrazone groups is 1. The number of nitrogens with one attached hydrogen (secondary N) is 1. The average Bonchev–Trinajstić information content (AvgIpc) is 3.18. The molecule has 3 rings (SSSR count). The number of hydrogen-bond donors (Lipinski definition) is 1. The second-order valence-electron chi connectivity index (χ2n) is 6.47. The van der Waals surface area contributed by atoms with Gasteiger partial charge >= 0.3 is 11.9 Å². The highest BCUT2D eigenvalue weighted by Gasteiger charge is 2.16. The van der Waals surface area contributed by atoms with Gasteiger partial charge in [-0.2, -0.15) is 5.10 Å². The van der Waals surface area contributed by atoms with E-state index in [4.69, 9.17) is 18.6 Å². The van der Waals surface area contributed by atoms with E-state index in [9.17, 15) is 9.59 Å². The fourth-order valence-corrected chi connectivity index (χ4v) is 5.25. The Morgan fingerprint density at radius 1 is 1.09 bits per heavy atom. The second-order valence-corrected chi connectivity index (χ2v) is 9.71. The van der Waals surface area contributed by atoms with Crippen LogP contribution in [-0.4, -0.2) is 37.9 Å². The summed E-state index contributed by atoms with van der Waals surface area (Å²) in [5.41, 5.74) is 3.79. The van der Waals surface area contributed by atoms with Crippen molar-refractivity contribution in [1.82, 2.24) is 5.43 Å². The SMILES string of the molecule is CCOC(=O)COc1c(I)cc(/C=N\NC(=O)c2cc3cc(Br)cc(I)c3o2)cc1OCC. The third kappa shape index (κ3) is 6.82. The van der Waals surface area contributed by atoms with E-state index in [1.54, 1.807) is 25.1 Å². The summed E-state index contributed by atoms with van der Waals surface area (Å²) in [6.07, 6.45) is 1.49. The lowest BCUT2D eigenvalue weighted by Crippen LogP contribution is -2.17. The van der Waals surface area contributed by atoms with Crippen LogP contribution in [0.1, 0.15) is 30.0 Å². The Bertz CT molecular complexity index is 1210. The van der Waals surface area contributed by atoms with Crippen molar-refractivity contribution >= 4 is 90.2 Å². The standard InChI is InChI=1S/C22H19BrI2N2O6/c1-3-30-17-6-12(5-15(24)21(17)32-11-19(28)31-4-2)10-26-27-22(29)18-8-13-7-14(23)9-16(25)20(13)33-18/h5-10H,3-4,11H2,1-2H3,(H,27,29)/b26-10-. The average molecular weight is 741 g/mol. The lowest BCUT2D eigenvalue weighted by atomic mass is 10.2. The van der Waals surface area contributed by atoms with Crippen molar-refractivity contribution in [2.24, 2.45) is 5.10 Å². The maximum atomic E-state index is 12.5. The zero-order chi connectivity index (χ0) is 24.0. The van der Waals surface area contributed by atoms with Crippen LogP contribution in [0.4, 0.5) is 0 Å². The van der Waals surface area contributed by atoms with Crippen LogP contribution in [0.5, 0.6) is 11.5 Å². The van der Waals surface area contributed by atoms with Gasteiger partial charge in [0, 0.05) is 9.86 Å². The molecule has 0 unspecified atom stereocenters. The van der Waals surface area contributed by atoms with Crippen LogP contribution in [0.15, 0.2) is 44.3 Å². The molecule has 174 valence electrons. The van der Waals surface area contributed by atoms with E-state index in [0.717, 1.165) is 13.4 Å². The lowest BCUT2D eigenvalue weighted by Gasteiger charge is -2.14. The number of hydrogen-bond acceptors (Lipinski definition) is 7. The fraction of sp³-hybridized carbons (Fsp3) is 0.227. The minimum Gasteiger partial charge on any atom is -0.490 e. The first-order valence-electron chi connectivity index (χ1n) is 9.79. The van der Waals surface area contributed by atoms with E-state index in [1.165, 1.54) is 6.21 Å². The van der Waals surface area contributed by atoms with Gasteiger partial charge in [-0.05, 0) is 94.9 Å². The predicted octanol–water partition coefficient (Wildman–Crippen LogP) is 5.51. The number of fused-ring (bicyclic) bond motifs is 1. The number of furan rings is 1. The molecule has 0 radical (unpaired) electrons. The number of rotatable bonds is 9. The maximum absolute atomic E-state index is 12.5. The molecule has 0 fully saturated rings. The van der Waals surface area contributed by atoms with Crippen molar-refractivity contribution in [2.75, 3.05) is 19.8 Å². The van der Waals surface area contributed by atoms with Crippen molar-refractivity contribution in [3.8, 4) is 11.5 Å². The van der Waals surface area contributed by atoms with Crippen molar-refractivity contribution in [1.29, 1.82) is 0 Å². The normalized spacial score (nSPS) is 11.1. The Morgan fingerprint density at radius 3 is 2.61 bits per heavy atom. The van der Waals surface area contributed by atoms with E-state index in [-0.39, 0.29) is 19.0 Å². The Balaban J connectivity index is 1.73. The van der Waals surface area contributed by atoms with Gasteiger partial charge in [0.2, 0.25) is 0 Å². The van der Waals surface area contributed by atoms with E-state index >= 15 is 0 Å². The van der Waals surface area contributed by atoms with E-state index < -0.39 is 11.9 Å². The Kier molecular flexibility index (Phi) is 9.37. The molecule has 0 aliphatic carbocycles. The summed E-state index contributed by atoms with van der Waals surface area (Å²) in [6, 6.07) is 8.95. The van der Waals surface area contributed by atoms with Crippen LogP contribution in [0, 0.1) is 7.14 Å². The maximum Gasteiger partial charge on any atom is 0.344 e. The molecular formula is C22H19BrI2N2O6. The number of ether oxygens (including phenoxy) is 3. The summed E-state index contributed by atoms with van der Waals surface area (Å²) in [7, 11) is 0. The van der Waals surface area contributed by atoms with Crippen LogP contribution in [0.25, 0.3) is 11.0 Å². The number of benzene rings is 2. The quantitative estimate of drug-likeness (QED) is 0.135. The minimum atomic E-state index is -0.469. The third-order valence-electron chi connectivity index (χ3n) is 4.11. The zero-order valence-electron chi connectivity index (χ0n) is 17.6. The van der Waals surface area contributed by atoms with E-state index in [1.807, 2.05) is 19.1 Å². The number of carbonyl (C=O) groups excluding carboxylic acids is 2. The molecule has 2 aromatic carbocycles. The molecule has 0 aliphatic heterocycles. The van der Waals surface area contributed by atoms with Gasteiger partial charge in [-0.15, -0.1) is 0 Å². The molecule has 11 heteroatoms. The topological polar surface area (TPSA) is 99.4 Å². The van der Waals surface area contributed by atoms with Crippen molar-refractivity contribution in [2.45, 2.75) is 13.8 Å². The molecule has 0 aliphatic rings. The Labute approximate surface area is 225 Å². The van der Waals surface area contributed by atoms with Gasteiger partial charge < -0.3 is 18.6 Å². The minimum absolute atomic E-state index is 0.158. The van der Waals surface area contributed by atoms with Crippen molar-refractivity contribution in [3.63, 3.8) is 0 Å². The first kappa shape index (κ1) is 25.7. The highest BCUT2D eigenvalue weighted by molar-refractivity contribution is 14.1. The molecule has 0 atom stereocenters. The summed E-state index contributed by atoms with van der Waals surface area (Å²) in [5.74, 6) is 0.124. The molecule has 1 aromatic heterocycles. The molecule has 33 heavy (non-hydrogen) atoms. The van der Waals surface area contributed by atoms with Crippen LogP contribution in [-0.2, 0) is 9.53 Å². The number of amides is 1. The van der Waals surface area contributed by atoms with Crippen molar-refractivity contribution < 1.29 is 28.2 Å². The Morgan fingerprint density at radius 2 is 1.88 bits per heavy atom. The number of carbonyl (C=O) groups is 2. The van der Waals surface area contributed by atoms with Gasteiger partial charge in [-0.3, -0.25) is 4.79 Å². The summed E-state index contributed by atoms with van der Waals surface area (Å²) in [5, 5.41) is 4.85. The molecule has 8 nitrogen and oxygen atoms in total. The predicted molar refractivity (Wildman–Crippen MR) is 144 cm³/mol. The number of halogens is 3. The molecule has 1 amide bonds. The molecular weight excluding hydrogens is 722 g/mol. The smallest absolute Gasteiger partial charge is 0.344 e.